The molecule has 0 aliphatic carbocycles. The summed E-state index contributed by atoms with van der Waals surface area (Å²) in [6.45, 7) is 3.23. The Bertz CT molecular complexity index is 577. The maximum Gasteiger partial charge on any atom is 0.416 e. The summed E-state index contributed by atoms with van der Waals surface area (Å²) in [4.78, 5) is 5.62. The molecule has 0 spiro atoms. The second-order valence-corrected chi connectivity index (χ2v) is 6.82. The van der Waals surface area contributed by atoms with Crippen LogP contribution in [-0.2, 0) is 19.3 Å². The zero-order chi connectivity index (χ0) is 16.9. The maximum absolute atomic E-state index is 12.6. The van der Waals surface area contributed by atoms with Crippen molar-refractivity contribution in [2.75, 3.05) is 27.2 Å². The zero-order valence-corrected chi connectivity index (χ0v) is 14.1. The van der Waals surface area contributed by atoms with Crippen LogP contribution in [-0.4, -0.2) is 37.0 Å². The first-order valence-electron chi connectivity index (χ1n) is 7.40. The summed E-state index contributed by atoms with van der Waals surface area (Å²) in [5.41, 5.74) is 0.299. The van der Waals surface area contributed by atoms with E-state index < -0.39 is 11.7 Å². The van der Waals surface area contributed by atoms with Crippen LogP contribution in [0.4, 0.5) is 13.2 Å². The molecule has 2 aromatic rings. The summed E-state index contributed by atoms with van der Waals surface area (Å²) < 4.78 is 37.9. The number of thiophene rings is 1. The van der Waals surface area contributed by atoms with Crippen LogP contribution >= 0.6 is 11.3 Å². The lowest BCUT2D eigenvalue weighted by atomic mass is 10.1. The molecule has 23 heavy (non-hydrogen) atoms. The quantitative estimate of drug-likeness (QED) is 0.739. The van der Waals surface area contributed by atoms with Gasteiger partial charge in [-0.05, 0) is 43.2 Å². The average molecular weight is 342 g/mol. The van der Waals surface area contributed by atoms with Crippen LogP contribution in [0, 0.1) is 0 Å². The first-order chi connectivity index (χ1) is 10.8. The Labute approximate surface area is 139 Å². The minimum absolute atomic E-state index is 0.598. The van der Waals surface area contributed by atoms with Gasteiger partial charge in [0.25, 0.3) is 0 Å². The number of alkyl halides is 3. The molecule has 1 heterocycles. The van der Waals surface area contributed by atoms with Crippen molar-refractivity contribution < 1.29 is 13.2 Å². The van der Waals surface area contributed by atoms with Gasteiger partial charge in [-0.25, -0.2) is 0 Å². The third-order valence-corrected chi connectivity index (χ3v) is 4.37. The molecule has 0 saturated carbocycles. The van der Waals surface area contributed by atoms with Crippen molar-refractivity contribution in [2.45, 2.75) is 19.3 Å². The molecule has 0 aliphatic heterocycles. The first kappa shape index (κ1) is 18.0. The van der Waals surface area contributed by atoms with E-state index in [9.17, 15) is 13.2 Å². The molecule has 0 fully saturated rings. The van der Waals surface area contributed by atoms with Gasteiger partial charge in [0, 0.05) is 31.1 Å². The van der Waals surface area contributed by atoms with Gasteiger partial charge < -0.3 is 4.90 Å². The van der Waals surface area contributed by atoms with Gasteiger partial charge in [0.2, 0.25) is 0 Å². The molecule has 0 saturated heterocycles. The lowest BCUT2D eigenvalue weighted by Gasteiger charge is -2.24. The van der Waals surface area contributed by atoms with E-state index in [1.807, 2.05) is 25.5 Å². The normalized spacial score (nSPS) is 12.3. The minimum atomic E-state index is -4.28. The summed E-state index contributed by atoms with van der Waals surface area (Å²) in [5.74, 6) is 0. The van der Waals surface area contributed by atoms with E-state index in [0.29, 0.717) is 6.54 Å². The highest BCUT2D eigenvalue weighted by Crippen LogP contribution is 2.29. The van der Waals surface area contributed by atoms with Crippen LogP contribution in [0.15, 0.2) is 41.8 Å². The van der Waals surface area contributed by atoms with Gasteiger partial charge in [-0.2, -0.15) is 13.2 Å². The molecule has 2 rings (SSSR count). The summed E-state index contributed by atoms with van der Waals surface area (Å²) in [6.07, 6.45) is -4.28. The minimum Gasteiger partial charge on any atom is -0.308 e. The molecule has 0 N–H and O–H groups in total. The average Bonchev–Trinajstić information content (AvgIpc) is 2.97. The van der Waals surface area contributed by atoms with Crippen molar-refractivity contribution in [1.29, 1.82) is 0 Å². The van der Waals surface area contributed by atoms with Crippen LogP contribution in [0.1, 0.15) is 16.0 Å². The Hall–Kier alpha value is -1.37. The highest BCUT2D eigenvalue weighted by Gasteiger charge is 2.29. The standard InChI is InChI=1S/C17H21F3N2S/c1-21(2)9-10-22(13-16-4-3-11-23-16)12-14-5-7-15(8-6-14)17(18,19)20/h3-8,11H,9-10,12-13H2,1-2H3. The highest BCUT2D eigenvalue weighted by atomic mass is 32.1. The number of hydrogen-bond acceptors (Lipinski definition) is 3. The molecule has 0 atom stereocenters. The molecular formula is C17H21F3N2S. The Kier molecular flexibility index (Phi) is 6.21. The SMILES string of the molecule is CN(C)CCN(Cc1ccc(C(F)(F)F)cc1)Cc1cccs1. The van der Waals surface area contributed by atoms with Gasteiger partial charge in [0.15, 0.2) is 0 Å². The molecule has 126 valence electrons. The molecule has 0 radical (unpaired) electrons. The second-order valence-electron chi connectivity index (χ2n) is 5.79. The van der Waals surface area contributed by atoms with Crippen LogP contribution in [0.25, 0.3) is 0 Å². The smallest absolute Gasteiger partial charge is 0.308 e. The van der Waals surface area contributed by atoms with Gasteiger partial charge in [0.05, 0.1) is 5.56 Å². The fourth-order valence-electron chi connectivity index (χ4n) is 2.24. The monoisotopic (exact) mass is 342 g/mol. The number of nitrogens with zero attached hydrogens (tertiary/aromatic N) is 2. The van der Waals surface area contributed by atoms with Crippen LogP contribution in [0.5, 0.6) is 0 Å². The molecule has 0 amide bonds. The van der Waals surface area contributed by atoms with Gasteiger partial charge in [-0.15, -0.1) is 11.3 Å². The van der Waals surface area contributed by atoms with Crippen molar-refractivity contribution in [3.63, 3.8) is 0 Å². The van der Waals surface area contributed by atoms with E-state index in [-0.39, 0.29) is 0 Å². The predicted molar refractivity (Wildman–Crippen MR) is 88.4 cm³/mol. The van der Waals surface area contributed by atoms with Crippen molar-refractivity contribution in [3.8, 4) is 0 Å². The third kappa shape index (κ3) is 5.97. The fraction of sp³-hybridized carbons (Fsp3) is 0.412. The van der Waals surface area contributed by atoms with Crippen LogP contribution in [0.2, 0.25) is 0 Å². The molecule has 1 aromatic carbocycles. The van der Waals surface area contributed by atoms with E-state index in [1.165, 1.54) is 4.88 Å². The predicted octanol–water partition coefficient (Wildman–Crippen LogP) is 4.33. The highest BCUT2D eigenvalue weighted by molar-refractivity contribution is 7.09. The number of halogens is 3. The van der Waals surface area contributed by atoms with Crippen LogP contribution in [0.3, 0.4) is 0 Å². The number of likely N-dealkylation sites (N-methyl/N-ethyl adjacent to an activating group) is 1. The Morgan fingerprint density at radius 3 is 2.17 bits per heavy atom. The molecule has 6 heteroatoms. The van der Waals surface area contributed by atoms with E-state index >= 15 is 0 Å². The third-order valence-electron chi connectivity index (χ3n) is 3.51. The Balaban J connectivity index is 2.03. The van der Waals surface area contributed by atoms with Gasteiger partial charge in [0.1, 0.15) is 0 Å². The number of benzene rings is 1. The molecule has 2 nitrogen and oxygen atoms in total. The largest absolute Gasteiger partial charge is 0.416 e. The van der Waals surface area contributed by atoms with Gasteiger partial charge in [-0.3, -0.25) is 4.90 Å². The molecule has 1 aromatic heterocycles. The van der Waals surface area contributed by atoms with Gasteiger partial charge >= 0.3 is 6.18 Å². The fourth-order valence-corrected chi connectivity index (χ4v) is 2.98. The lowest BCUT2D eigenvalue weighted by molar-refractivity contribution is -0.137. The van der Waals surface area contributed by atoms with E-state index in [0.717, 1.165) is 37.3 Å². The molecule has 0 bridgehead atoms. The summed E-state index contributed by atoms with van der Waals surface area (Å²) in [7, 11) is 4.03. The lowest BCUT2D eigenvalue weighted by Crippen LogP contribution is -2.30. The zero-order valence-electron chi connectivity index (χ0n) is 13.3. The number of hydrogen-bond donors (Lipinski definition) is 0. The maximum atomic E-state index is 12.6. The van der Waals surface area contributed by atoms with Crippen LogP contribution < -0.4 is 0 Å². The van der Waals surface area contributed by atoms with Crippen molar-refractivity contribution in [1.82, 2.24) is 9.80 Å². The summed E-state index contributed by atoms with van der Waals surface area (Å²) in [5, 5.41) is 2.04. The van der Waals surface area contributed by atoms with Crippen molar-refractivity contribution in [3.05, 3.63) is 57.8 Å². The van der Waals surface area contributed by atoms with Crippen molar-refractivity contribution >= 4 is 11.3 Å². The molecular weight excluding hydrogens is 321 g/mol. The molecule has 0 aliphatic rings. The number of rotatable bonds is 7. The second kappa shape index (κ2) is 7.95. The first-order valence-corrected chi connectivity index (χ1v) is 8.28. The van der Waals surface area contributed by atoms with Crippen molar-refractivity contribution in [2.24, 2.45) is 0 Å². The van der Waals surface area contributed by atoms with E-state index in [4.69, 9.17) is 0 Å². The molecule has 0 unspecified atom stereocenters. The van der Waals surface area contributed by atoms with E-state index in [2.05, 4.69) is 15.9 Å². The Morgan fingerprint density at radius 2 is 1.65 bits per heavy atom. The van der Waals surface area contributed by atoms with Gasteiger partial charge in [-0.1, -0.05) is 18.2 Å². The topological polar surface area (TPSA) is 6.48 Å². The summed E-state index contributed by atoms with van der Waals surface area (Å²) in [6, 6.07) is 9.55. The van der Waals surface area contributed by atoms with E-state index in [1.54, 1.807) is 23.5 Å². The summed E-state index contributed by atoms with van der Waals surface area (Å²) >= 11 is 1.70. The Morgan fingerprint density at radius 1 is 0.957 bits per heavy atom.